The number of alkyl halides is 3. The molecule has 3 aromatic heterocycles. The number of aromatic nitrogens is 5. The minimum atomic E-state index is -4.49. The van der Waals surface area contributed by atoms with Crippen LogP contribution in [0.1, 0.15) is 29.7 Å². The summed E-state index contributed by atoms with van der Waals surface area (Å²) in [6.07, 6.45) is 1.77. The molecule has 132 valence electrons. The predicted molar refractivity (Wildman–Crippen MR) is 90.6 cm³/mol. The molecule has 4 aromatic rings. The highest BCUT2D eigenvalue weighted by Crippen LogP contribution is 2.41. The number of nitrogens with zero attached hydrogens (tertiary/aromatic N) is 3. The molecule has 0 amide bonds. The molecule has 1 aliphatic carbocycles. The van der Waals surface area contributed by atoms with Crippen LogP contribution in [0.3, 0.4) is 0 Å². The lowest BCUT2D eigenvalue weighted by atomic mass is 9.86. The zero-order valence-corrected chi connectivity index (χ0v) is 13.6. The van der Waals surface area contributed by atoms with E-state index >= 15 is 0 Å². The van der Waals surface area contributed by atoms with Crippen LogP contribution in [0.2, 0.25) is 0 Å². The average Bonchev–Trinajstić information content (AvgIpc) is 3.29. The van der Waals surface area contributed by atoms with Gasteiger partial charge in [0.2, 0.25) is 0 Å². The number of hydrogen-bond donors (Lipinski definition) is 2. The van der Waals surface area contributed by atoms with E-state index in [0.29, 0.717) is 5.69 Å². The van der Waals surface area contributed by atoms with Crippen molar-refractivity contribution in [2.45, 2.75) is 31.9 Å². The van der Waals surface area contributed by atoms with Gasteiger partial charge in [-0.1, -0.05) is 0 Å². The van der Waals surface area contributed by atoms with Gasteiger partial charge in [-0.2, -0.15) is 18.3 Å². The van der Waals surface area contributed by atoms with Crippen molar-refractivity contribution in [1.82, 2.24) is 25.1 Å². The molecule has 1 aliphatic rings. The third kappa shape index (κ3) is 2.14. The smallest absolute Gasteiger partial charge is 0.354 e. The lowest BCUT2D eigenvalue weighted by molar-refractivity contribution is -0.140. The van der Waals surface area contributed by atoms with Crippen LogP contribution in [0.15, 0.2) is 24.7 Å². The number of rotatable bonds is 1. The molecule has 0 saturated carbocycles. The summed E-state index contributed by atoms with van der Waals surface area (Å²) in [4.78, 5) is 11.8. The molecule has 2 N–H and O–H groups in total. The number of aryl methyl sites for hydroxylation is 1. The van der Waals surface area contributed by atoms with Crippen molar-refractivity contribution in [3.63, 3.8) is 0 Å². The summed E-state index contributed by atoms with van der Waals surface area (Å²) in [5, 5.41) is 6.72. The summed E-state index contributed by atoms with van der Waals surface area (Å²) >= 11 is 0. The van der Waals surface area contributed by atoms with E-state index in [0.717, 1.165) is 58.7 Å². The Kier molecular flexibility index (Phi) is 3.13. The van der Waals surface area contributed by atoms with Gasteiger partial charge in [0, 0.05) is 16.5 Å². The first-order valence-corrected chi connectivity index (χ1v) is 8.42. The fraction of sp³-hybridized carbons (Fsp3) is 0.278. The van der Waals surface area contributed by atoms with E-state index in [2.05, 4.69) is 25.1 Å². The van der Waals surface area contributed by atoms with Gasteiger partial charge in [0.1, 0.15) is 17.5 Å². The van der Waals surface area contributed by atoms with E-state index in [-0.39, 0.29) is 5.56 Å². The Morgan fingerprint density at radius 2 is 1.81 bits per heavy atom. The number of H-pyrrole nitrogens is 2. The highest BCUT2D eigenvalue weighted by Gasteiger charge is 2.37. The standard InChI is InChI=1S/C18H14F3N5/c19-18(20,21)17-11(7-24-26-17)15-10-4-2-1-3-9(10)14-12(25-15)5-6-13-16(14)23-8-22-13/h5-8,25H,1-4H2,(H,24,26). The van der Waals surface area contributed by atoms with Crippen LogP contribution >= 0.6 is 0 Å². The number of hydrogen-bond acceptors (Lipinski definition) is 3. The van der Waals surface area contributed by atoms with Crippen LogP contribution in [0.4, 0.5) is 13.2 Å². The van der Waals surface area contributed by atoms with E-state index in [1.54, 1.807) is 0 Å². The van der Waals surface area contributed by atoms with Gasteiger partial charge in [0.25, 0.3) is 0 Å². The van der Waals surface area contributed by atoms with Crippen LogP contribution < -0.4 is 0 Å². The Morgan fingerprint density at radius 1 is 1.00 bits per heavy atom. The van der Waals surface area contributed by atoms with Gasteiger partial charge in [-0.05, 0) is 48.9 Å². The first-order chi connectivity index (χ1) is 12.5. The molecule has 0 bridgehead atoms. The monoisotopic (exact) mass is 357 g/mol. The van der Waals surface area contributed by atoms with E-state index in [4.69, 9.17) is 0 Å². The maximum absolute atomic E-state index is 13.4. The number of pyridine rings is 1. The second-order valence-electron chi connectivity index (χ2n) is 6.55. The van der Waals surface area contributed by atoms with Crippen LogP contribution in [-0.4, -0.2) is 25.1 Å². The number of fused-ring (bicyclic) bond motifs is 5. The molecular formula is C18H14F3N5. The Bertz CT molecular complexity index is 1140. The third-order valence-electron chi connectivity index (χ3n) is 5.06. The molecule has 0 fully saturated rings. The average molecular weight is 357 g/mol. The molecule has 5 nitrogen and oxygen atoms in total. The first-order valence-electron chi connectivity index (χ1n) is 8.42. The first kappa shape index (κ1) is 15.4. The van der Waals surface area contributed by atoms with Crippen LogP contribution in [-0.2, 0) is 19.0 Å². The maximum Gasteiger partial charge on any atom is 0.433 e. The van der Waals surface area contributed by atoms with Crippen LogP contribution in [0, 0.1) is 0 Å². The molecule has 0 atom stereocenters. The zero-order chi connectivity index (χ0) is 17.9. The van der Waals surface area contributed by atoms with Gasteiger partial charge < -0.3 is 4.98 Å². The van der Waals surface area contributed by atoms with Crippen molar-refractivity contribution in [2.75, 3.05) is 0 Å². The van der Waals surface area contributed by atoms with Crippen molar-refractivity contribution >= 4 is 21.9 Å². The largest absolute Gasteiger partial charge is 0.433 e. The van der Waals surface area contributed by atoms with Gasteiger partial charge in [-0.25, -0.2) is 9.97 Å². The van der Waals surface area contributed by atoms with Gasteiger partial charge in [0.15, 0.2) is 0 Å². The second-order valence-corrected chi connectivity index (χ2v) is 6.55. The number of benzene rings is 1. The molecule has 0 unspecified atom stereocenters. The van der Waals surface area contributed by atoms with Crippen LogP contribution in [0.25, 0.3) is 33.2 Å². The highest BCUT2D eigenvalue weighted by molar-refractivity contribution is 6.06. The Morgan fingerprint density at radius 3 is 2.62 bits per heavy atom. The normalized spacial score (nSPS) is 14.9. The molecule has 3 heterocycles. The summed E-state index contributed by atoms with van der Waals surface area (Å²) in [5.74, 6) is 0. The summed E-state index contributed by atoms with van der Waals surface area (Å²) < 4.78 is 40.1. The Balaban J connectivity index is 1.88. The summed E-state index contributed by atoms with van der Waals surface area (Å²) in [5.41, 5.74) is 4.08. The topological polar surface area (TPSA) is 70.2 Å². The van der Waals surface area contributed by atoms with E-state index in [1.165, 1.54) is 12.5 Å². The minimum Gasteiger partial charge on any atom is -0.354 e. The lowest BCUT2D eigenvalue weighted by Gasteiger charge is -2.22. The minimum absolute atomic E-state index is 0.0613. The van der Waals surface area contributed by atoms with E-state index < -0.39 is 11.9 Å². The fourth-order valence-electron chi connectivity index (χ4n) is 3.96. The van der Waals surface area contributed by atoms with Gasteiger partial charge in [-0.15, -0.1) is 0 Å². The van der Waals surface area contributed by atoms with Gasteiger partial charge in [0.05, 0.1) is 17.4 Å². The summed E-state index contributed by atoms with van der Waals surface area (Å²) in [6, 6.07) is 3.69. The number of nitrogens with one attached hydrogen (secondary N) is 2. The van der Waals surface area contributed by atoms with E-state index in [1.807, 2.05) is 12.1 Å². The van der Waals surface area contributed by atoms with Crippen LogP contribution in [0.5, 0.6) is 0 Å². The van der Waals surface area contributed by atoms with Gasteiger partial charge in [-0.3, -0.25) is 5.10 Å². The summed E-state index contributed by atoms with van der Waals surface area (Å²) in [6.45, 7) is 0. The quantitative estimate of drug-likeness (QED) is 0.530. The maximum atomic E-state index is 13.4. The van der Waals surface area contributed by atoms with E-state index in [9.17, 15) is 13.2 Å². The number of halogens is 3. The zero-order valence-electron chi connectivity index (χ0n) is 13.6. The number of aromatic amines is 2. The third-order valence-corrected chi connectivity index (χ3v) is 5.06. The Hall–Kier alpha value is -2.90. The highest BCUT2D eigenvalue weighted by atomic mass is 19.4. The van der Waals surface area contributed by atoms with Crippen molar-refractivity contribution in [2.24, 2.45) is 0 Å². The summed E-state index contributed by atoms with van der Waals surface area (Å²) in [7, 11) is 0. The second kappa shape index (κ2) is 5.30. The molecule has 0 radical (unpaired) electrons. The molecule has 0 spiro atoms. The molecule has 1 aromatic carbocycles. The molecular weight excluding hydrogens is 343 g/mol. The lowest BCUT2D eigenvalue weighted by Crippen LogP contribution is -2.11. The van der Waals surface area contributed by atoms with Crippen molar-refractivity contribution in [1.29, 1.82) is 0 Å². The molecule has 5 rings (SSSR count). The molecule has 0 saturated heterocycles. The molecule has 26 heavy (non-hydrogen) atoms. The van der Waals surface area contributed by atoms with Gasteiger partial charge >= 0.3 is 6.18 Å². The van der Waals surface area contributed by atoms with Crippen molar-refractivity contribution in [3.05, 3.63) is 41.5 Å². The Labute approximate surface area is 145 Å². The predicted octanol–water partition coefficient (Wildman–Crippen LogP) is 4.40. The SMILES string of the molecule is FC(F)(F)c1[nH]ncc1-c1[nH]c2ccc3ncnc3c2c2c1CCCC2. The van der Waals surface area contributed by atoms with Crippen molar-refractivity contribution in [3.8, 4) is 11.3 Å². The number of imidazole rings is 1. The molecule has 0 aliphatic heterocycles. The molecule has 8 heteroatoms. The van der Waals surface area contributed by atoms with Crippen molar-refractivity contribution < 1.29 is 13.2 Å². The fourth-order valence-corrected chi connectivity index (χ4v) is 3.96.